The van der Waals surface area contributed by atoms with Gasteiger partial charge in [-0.1, -0.05) is 15.9 Å². The number of rotatable bonds is 6. The largest absolute Gasteiger partial charge is 0.484 e. The second-order valence-electron chi connectivity index (χ2n) is 3.39. The number of halogens is 1. The van der Waals surface area contributed by atoms with Crippen LogP contribution >= 0.6 is 15.9 Å². The standard InChI is InChI=1S/C10H13BrN2O4/c1-12-5-8(14)6-17-10-3-2-7(11)4-9(10)13(15)16/h2-4,8,12,14H,5-6H2,1H3. The average Bonchev–Trinajstić information content (AvgIpc) is 2.27. The highest BCUT2D eigenvalue weighted by atomic mass is 79.9. The molecule has 0 saturated carbocycles. The third kappa shape index (κ3) is 4.29. The highest BCUT2D eigenvalue weighted by Crippen LogP contribution is 2.30. The van der Waals surface area contributed by atoms with Crippen LogP contribution in [0, 0.1) is 10.1 Å². The maximum absolute atomic E-state index is 10.8. The van der Waals surface area contributed by atoms with Gasteiger partial charge in [0, 0.05) is 17.1 Å². The molecule has 0 saturated heterocycles. The van der Waals surface area contributed by atoms with Crippen LogP contribution in [-0.4, -0.2) is 36.3 Å². The number of benzene rings is 1. The molecule has 6 nitrogen and oxygen atoms in total. The lowest BCUT2D eigenvalue weighted by atomic mass is 10.3. The number of hydrogen-bond donors (Lipinski definition) is 2. The molecule has 1 atom stereocenters. The fourth-order valence-electron chi connectivity index (χ4n) is 1.24. The lowest BCUT2D eigenvalue weighted by molar-refractivity contribution is -0.386. The van der Waals surface area contributed by atoms with E-state index in [-0.39, 0.29) is 18.0 Å². The summed E-state index contributed by atoms with van der Waals surface area (Å²) >= 11 is 3.15. The normalized spacial score (nSPS) is 12.2. The second kappa shape index (κ2) is 6.53. The molecular formula is C10H13BrN2O4. The predicted molar refractivity (Wildman–Crippen MR) is 66.2 cm³/mol. The molecule has 1 unspecified atom stereocenters. The van der Waals surface area contributed by atoms with Crippen LogP contribution in [0.5, 0.6) is 5.75 Å². The van der Waals surface area contributed by atoms with E-state index in [0.717, 1.165) is 0 Å². The molecule has 0 spiro atoms. The molecule has 17 heavy (non-hydrogen) atoms. The van der Waals surface area contributed by atoms with Crippen LogP contribution in [0.3, 0.4) is 0 Å². The Kier molecular flexibility index (Phi) is 5.33. The summed E-state index contributed by atoms with van der Waals surface area (Å²) in [6.07, 6.45) is -0.705. The number of ether oxygens (including phenoxy) is 1. The first-order valence-corrected chi connectivity index (χ1v) is 5.73. The molecule has 0 heterocycles. The second-order valence-corrected chi connectivity index (χ2v) is 4.31. The third-order valence-electron chi connectivity index (χ3n) is 1.99. The predicted octanol–water partition coefficient (Wildman–Crippen LogP) is 1.32. The van der Waals surface area contributed by atoms with Gasteiger partial charge in [0.2, 0.25) is 0 Å². The van der Waals surface area contributed by atoms with Gasteiger partial charge in [-0.25, -0.2) is 0 Å². The minimum absolute atomic E-state index is 0.00329. The van der Waals surface area contributed by atoms with Gasteiger partial charge in [-0.2, -0.15) is 0 Å². The fourth-order valence-corrected chi connectivity index (χ4v) is 1.58. The lowest BCUT2D eigenvalue weighted by Crippen LogP contribution is -2.29. The van der Waals surface area contributed by atoms with E-state index in [0.29, 0.717) is 11.0 Å². The SMILES string of the molecule is CNCC(O)COc1ccc(Br)cc1[N+](=O)[O-]. The minimum atomic E-state index is -0.705. The topological polar surface area (TPSA) is 84.6 Å². The van der Waals surface area contributed by atoms with Gasteiger partial charge < -0.3 is 15.2 Å². The van der Waals surface area contributed by atoms with Crippen molar-refractivity contribution in [3.05, 3.63) is 32.8 Å². The highest BCUT2D eigenvalue weighted by Gasteiger charge is 2.16. The quantitative estimate of drug-likeness (QED) is 0.611. The monoisotopic (exact) mass is 304 g/mol. The van der Waals surface area contributed by atoms with Crippen molar-refractivity contribution >= 4 is 21.6 Å². The molecule has 0 bridgehead atoms. The van der Waals surface area contributed by atoms with Gasteiger partial charge in [-0.15, -0.1) is 0 Å². The van der Waals surface area contributed by atoms with Crippen LogP contribution in [-0.2, 0) is 0 Å². The Morgan fingerprint density at radius 1 is 1.65 bits per heavy atom. The van der Waals surface area contributed by atoms with E-state index < -0.39 is 11.0 Å². The molecule has 1 rings (SSSR count). The van der Waals surface area contributed by atoms with Crippen LogP contribution in [0.1, 0.15) is 0 Å². The van der Waals surface area contributed by atoms with Crippen molar-refractivity contribution in [3.8, 4) is 5.75 Å². The van der Waals surface area contributed by atoms with Crippen molar-refractivity contribution < 1.29 is 14.8 Å². The van der Waals surface area contributed by atoms with Gasteiger partial charge in [0.05, 0.1) is 4.92 Å². The molecule has 0 aliphatic heterocycles. The van der Waals surface area contributed by atoms with Crippen molar-refractivity contribution in [2.75, 3.05) is 20.2 Å². The first-order valence-electron chi connectivity index (χ1n) is 4.94. The van der Waals surface area contributed by atoms with E-state index in [1.165, 1.54) is 12.1 Å². The van der Waals surface area contributed by atoms with Gasteiger partial charge in [0.15, 0.2) is 5.75 Å². The van der Waals surface area contributed by atoms with Crippen LogP contribution in [0.2, 0.25) is 0 Å². The van der Waals surface area contributed by atoms with Crippen LogP contribution < -0.4 is 10.1 Å². The Hall–Kier alpha value is -1.18. The maximum atomic E-state index is 10.8. The molecule has 0 aliphatic carbocycles. The molecule has 0 amide bonds. The van der Waals surface area contributed by atoms with Gasteiger partial charge in [-0.05, 0) is 19.2 Å². The van der Waals surface area contributed by atoms with E-state index in [2.05, 4.69) is 21.2 Å². The van der Waals surface area contributed by atoms with Crippen molar-refractivity contribution in [2.24, 2.45) is 0 Å². The number of nitrogens with zero attached hydrogens (tertiary/aromatic N) is 1. The molecule has 0 fully saturated rings. The molecule has 1 aromatic rings. The summed E-state index contributed by atoms with van der Waals surface area (Å²) in [5.41, 5.74) is -0.129. The van der Waals surface area contributed by atoms with Crippen molar-refractivity contribution in [2.45, 2.75) is 6.10 Å². The van der Waals surface area contributed by atoms with E-state index in [4.69, 9.17) is 4.74 Å². The molecular weight excluding hydrogens is 292 g/mol. The third-order valence-corrected chi connectivity index (χ3v) is 2.48. The summed E-state index contributed by atoms with van der Waals surface area (Å²) in [5.74, 6) is 0.147. The molecule has 0 radical (unpaired) electrons. The summed E-state index contributed by atoms with van der Waals surface area (Å²) in [7, 11) is 1.70. The average molecular weight is 305 g/mol. The fraction of sp³-hybridized carbons (Fsp3) is 0.400. The number of likely N-dealkylation sites (N-methyl/N-ethyl adjacent to an activating group) is 1. The smallest absolute Gasteiger partial charge is 0.312 e. The molecule has 7 heteroatoms. The number of nitrogens with one attached hydrogen (secondary N) is 1. The summed E-state index contributed by atoms with van der Waals surface area (Å²) in [5, 5.41) is 23.0. The van der Waals surface area contributed by atoms with Gasteiger partial charge in [-0.3, -0.25) is 10.1 Å². The van der Waals surface area contributed by atoms with E-state index in [9.17, 15) is 15.2 Å². The maximum Gasteiger partial charge on any atom is 0.312 e. The molecule has 1 aromatic carbocycles. The Bertz CT molecular complexity index is 400. The number of aliphatic hydroxyl groups is 1. The Morgan fingerprint density at radius 2 is 2.35 bits per heavy atom. The summed E-state index contributed by atoms with van der Waals surface area (Å²) < 4.78 is 5.82. The lowest BCUT2D eigenvalue weighted by Gasteiger charge is -2.11. The van der Waals surface area contributed by atoms with E-state index in [1.807, 2.05) is 0 Å². The van der Waals surface area contributed by atoms with Crippen LogP contribution in [0.25, 0.3) is 0 Å². The number of aliphatic hydroxyl groups excluding tert-OH is 1. The number of hydrogen-bond acceptors (Lipinski definition) is 5. The first kappa shape index (κ1) is 13.9. The van der Waals surface area contributed by atoms with Crippen molar-refractivity contribution in [1.82, 2.24) is 5.32 Å². The molecule has 94 valence electrons. The molecule has 0 aliphatic rings. The Labute approximate surface area is 107 Å². The number of nitro benzene ring substituents is 1. The molecule has 2 N–H and O–H groups in total. The highest BCUT2D eigenvalue weighted by molar-refractivity contribution is 9.10. The van der Waals surface area contributed by atoms with Crippen molar-refractivity contribution in [3.63, 3.8) is 0 Å². The Balaban J connectivity index is 2.73. The zero-order chi connectivity index (χ0) is 12.8. The summed E-state index contributed by atoms with van der Waals surface area (Å²) in [6, 6.07) is 4.50. The van der Waals surface area contributed by atoms with E-state index >= 15 is 0 Å². The first-order chi connectivity index (χ1) is 8.04. The van der Waals surface area contributed by atoms with Crippen LogP contribution in [0.4, 0.5) is 5.69 Å². The number of nitro groups is 1. The summed E-state index contributed by atoms with van der Waals surface area (Å²) in [6.45, 7) is 0.369. The van der Waals surface area contributed by atoms with Gasteiger partial charge >= 0.3 is 5.69 Å². The zero-order valence-corrected chi connectivity index (χ0v) is 10.8. The minimum Gasteiger partial charge on any atom is -0.484 e. The van der Waals surface area contributed by atoms with Crippen LogP contribution in [0.15, 0.2) is 22.7 Å². The van der Waals surface area contributed by atoms with Crippen molar-refractivity contribution in [1.29, 1.82) is 0 Å². The van der Waals surface area contributed by atoms with E-state index in [1.54, 1.807) is 13.1 Å². The Morgan fingerprint density at radius 3 is 2.94 bits per heavy atom. The molecule has 0 aromatic heterocycles. The van der Waals surface area contributed by atoms with Gasteiger partial charge in [0.25, 0.3) is 0 Å². The summed E-state index contributed by atoms with van der Waals surface area (Å²) in [4.78, 5) is 10.3. The zero-order valence-electron chi connectivity index (χ0n) is 9.22. The van der Waals surface area contributed by atoms with Gasteiger partial charge in [0.1, 0.15) is 12.7 Å².